The molecular weight excluding hydrogens is 857 g/mol. The van der Waals surface area contributed by atoms with Gasteiger partial charge in [-0.15, -0.1) is 0 Å². The molecule has 1 fully saturated rings. The second kappa shape index (κ2) is 19.8. The van der Waals surface area contributed by atoms with E-state index in [1.807, 2.05) is 76.9 Å². The number of phenolic OH excluding ortho intramolecular Hbond substituents is 1. The van der Waals surface area contributed by atoms with Gasteiger partial charge < -0.3 is 39.0 Å². The number of hydrogen-bond acceptors (Lipinski definition) is 9. The maximum Gasteiger partial charge on any atom is 0.258 e. The molecule has 348 valence electrons. The second-order valence-electron chi connectivity index (χ2n) is 17.9. The summed E-state index contributed by atoms with van der Waals surface area (Å²) in [5.41, 5.74) is 9.75. The van der Waals surface area contributed by atoms with Crippen molar-refractivity contribution in [2.24, 2.45) is 7.05 Å². The number of phenols is 1. The number of hydrogen-bond donors (Lipinski definition) is 2. The molecule has 1 saturated heterocycles. The van der Waals surface area contributed by atoms with Crippen molar-refractivity contribution < 1.29 is 33.7 Å². The zero-order valence-corrected chi connectivity index (χ0v) is 39.0. The second-order valence-corrected chi connectivity index (χ2v) is 17.9. The fraction of sp³-hybridized carbons (Fsp3) is 0.309. The molecule has 0 bridgehead atoms. The minimum Gasteiger partial charge on any atom is -0.508 e. The molecule has 4 heterocycles. The van der Waals surface area contributed by atoms with E-state index in [-0.39, 0.29) is 30.0 Å². The molecule has 1 aromatic heterocycles. The minimum atomic E-state index is -0.397. The molecule has 13 heteroatoms. The van der Waals surface area contributed by atoms with Crippen LogP contribution in [0.3, 0.4) is 0 Å². The van der Waals surface area contributed by atoms with E-state index in [2.05, 4.69) is 41.4 Å². The standard InChI is InChI=1S/C55H56N6O7/c1-35-27-38-7-5-6-8-41(38)34-61(35)55(65)48-31-43-33-60(50(63)28-37-9-16-46(17-10-37)68-26-23-59-21-24-67-25-22-59)20-19-39(43)30-47(48)53-52(40-11-18-49(66-4)42(29-40)32-56)51(36(2)58(53)3)54(64)57-44-12-14-45(62)15-13-44/h5-18,29-31,35,62H,19-28,33-34H2,1-4H3,(H,57,64)/t35-/m1/s1. The van der Waals surface area contributed by atoms with Crippen LogP contribution in [-0.4, -0.2) is 101 Å². The normalized spacial score (nSPS) is 15.8. The highest BCUT2D eigenvalue weighted by atomic mass is 16.5. The Morgan fingerprint density at radius 2 is 1.63 bits per heavy atom. The number of benzene rings is 5. The van der Waals surface area contributed by atoms with Gasteiger partial charge in [-0.05, 0) is 121 Å². The number of nitrogens with one attached hydrogen (secondary N) is 1. The molecule has 0 saturated carbocycles. The Bertz CT molecular complexity index is 2910. The van der Waals surface area contributed by atoms with E-state index in [4.69, 9.17) is 14.2 Å². The third kappa shape index (κ3) is 9.43. The van der Waals surface area contributed by atoms with Crippen molar-refractivity contribution in [3.8, 4) is 45.7 Å². The lowest BCUT2D eigenvalue weighted by atomic mass is 9.87. The Kier molecular flexibility index (Phi) is 13.3. The Morgan fingerprint density at radius 3 is 2.37 bits per heavy atom. The van der Waals surface area contributed by atoms with Gasteiger partial charge in [0.2, 0.25) is 5.91 Å². The third-order valence-electron chi connectivity index (χ3n) is 13.7. The maximum atomic E-state index is 15.4. The van der Waals surface area contributed by atoms with Crippen LogP contribution in [0.25, 0.3) is 22.4 Å². The van der Waals surface area contributed by atoms with Gasteiger partial charge in [0.1, 0.15) is 29.9 Å². The SMILES string of the molecule is COc1ccc(-c2c(C(=O)Nc3ccc(O)cc3)c(C)n(C)c2-c2cc3c(cc2C(=O)N2Cc4ccccc4C[C@H]2C)CN(C(=O)Cc2ccc(OCCN4CCOCC4)cc2)CC3)cc1C#N. The van der Waals surface area contributed by atoms with Gasteiger partial charge in [0.25, 0.3) is 11.8 Å². The van der Waals surface area contributed by atoms with Crippen LogP contribution in [0.15, 0.2) is 103 Å². The van der Waals surface area contributed by atoms with Crippen molar-refractivity contribution in [1.82, 2.24) is 19.3 Å². The number of nitrogens with zero attached hydrogens (tertiary/aromatic N) is 5. The van der Waals surface area contributed by atoms with E-state index in [0.717, 1.165) is 60.9 Å². The van der Waals surface area contributed by atoms with Gasteiger partial charge in [-0.25, -0.2) is 0 Å². The van der Waals surface area contributed by atoms with Gasteiger partial charge in [-0.3, -0.25) is 19.3 Å². The predicted octanol–water partition coefficient (Wildman–Crippen LogP) is 7.93. The predicted molar refractivity (Wildman–Crippen MR) is 260 cm³/mol. The Labute approximate surface area is 397 Å². The van der Waals surface area contributed by atoms with Crippen molar-refractivity contribution in [1.29, 1.82) is 5.26 Å². The molecule has 3 amide bonds. The highest BCUT2D eigenvalue weighted by Gasteiger charge is 2.34. The summed E-state index contributed by atoms with van der Waals surface area (Å²) in [4.78, 5) is 50.2. The molecule has 68 heavy (non-hydrogen) atoms. The number of aromatic hydroxyl groups is 1. The molecule has 3 aliphatic rings. The molecule has 6 aromatic rings. The van der Waals surface area contributed by atoms with Crippen LogP contribution in [0, 0.1) is 18.3 Å². The number of carbonyl (C=O) groups is 3. The van der Waals surface area contributed by atoms with Gasteiger partial charge in [-0.1, -0.05) is 42.5 Å². The van der Waals surface area contributed by atoms with Crippen LogP contribution in [0.5, 0.6) is 17.2 Å². The Morgan fingerprint density at radius 1 is 0.882 bits per heavy atom. The fourth-order valence-corrected chi connectivity index (χ4v) is 9.77. The molecule has 5 aromatic carbocycles. The van der Waals surface area contributed by atoms with Crippen LogP contribution in [0.4, 0.5) is 5.69 Å². The molecular formula is C55H56N6O7. The zero-order chi connectivity index (χ0) is 47.5. The quantitative estimate of drug-likeness (QED) is 0.117. The average molecular weight is 913 g/mol. The summed E-state index contributed by atoms with van der Waals surface area (Å²) < 4.78 is 18.9. The number of amides is 3. The highest BCUT2D eigenvalue weighted by molar-refractivity contribution is 6.13. The topological polar surface area (TPSA) is 150 Å². The van der Waals surface area contributed by atoms with Crippen LogP contribution >= 0.6 is 0 Å². The van der Waals surface area contributed by atoms with Gasteiger partial charge in [-0.2, -0.15) is 5.26 Å². The van der Waals surface area contributed by atoms with Crippen LogP contribution in [-0.2, 0) is 48.9 Å². The largest absolute Gasteiger partial charge is 0.508 e. The number of aromatic nitrogens is 1. The number of methoxy groups -OCH3 is 1. The molecule has 9 rings (SSSR count). The Balaban J connectivity index is 1.09. The summed E-state index contributed by atoms with van der Waals surface area (Å²) in [6.45, 7) is 9.91. The lowest BCUT2D eigenvalue weighted by Crippen LogP contribution is -2.43. The minimum absolute atomic E-state index is 0.00715. The monoisotopic (exact) mass is 912 g/mol. The first kappa shape index (κ1) is 45.7. The van der Waals surface area contributed by atoms with Crippen LogP contribution in [0.2, 0.25) is 0 Å². The Hall–Kier alpha value is -7.40. The summed E-state index contributed by atoms with van der Waals surface area (Å²) in [5.74, 6) is 0.663. The zero-order valence-electron chi connectivity index (χ0n) is 39.0. The lowest BCUT2D eigenvalue weighted by molar-refractivity contribution is -0.131. The molecule has 13 nitrogen and oxygen atoms in total. The number of nitriles is 1. The van der Waals surface area contributed by atoms with E-state index >= 15 is 4.79 Å². The summed E-state index contributed by atoms with van der Waals surface area (Å²) in [6.07, 6.45) is 1.48. The fourth-order valence-electron chi connectivity index (χ4n) is 9.77. The molecule has 2 N–H and O–H groups in total. The van der Waals surface area contributed by atoms with Crippen LogP contribution < -0.4 is 14.8 Å². The molecule has 0 spiro atoms. The van der Waals surface area contributed by atoms with Crippen molar-refractivity contribution in [3.05, 3.63) is 153 Å². The molecule has 0 unspecified atom stereocenters. The van der Waals surface area contributed by atoms with E-state index < -0.39 is 5.91 Å². The maximum absolute atomic E-state index is 15.4. The summed E-state index contributed by atoms with van der Waals surface area (Å²) >= 11 is 0. The van der Waals surface area contributed by atoms with Crippen molar-refractivity contribution in [3.63, 3.8) is 0 Å². The third-order valence-corrected chi connectivity index (χ3v) is 13.7. The van der Waals surface area contributed by atoms with E-state index in [0.29, 0.717) is 95.3 Å². The summed E-state index contributed by atoms with van der Waals surface area (Å²) in [5, 5.41) is 23.2. The van der Waals surface area contributed by atoms with E-state index in [1.54, 1.807) is 24.3 Å². The van der Waals surface area contributed by atoms with E-state index in [9.17, 15) is 20.0 Å². The molecule has 0 radical (unpaired) electrons. The number of carbonyl (C=O) groups excluding carboxylic acids is 3. The molecule has 0 aliphatic carbocycles. The number of ether oxygens (including phenoxy) is 3. The summed E-state index contributed by atoms with van der Waals surface area (Å²) in [7, 11) is 3.39. The van der Waals surface area contributed by atoms with Crippen molar-refractivity contribution in [2.75, 3.05) is 58.4 Å². The molecule has 1 atom stereocenters. The van der Waals surface area contributed by atoms with Gasteiger partial charge in [0.05, 0.1) is 43.6 Å². The number of fused-ring (bicyclic) bond motifs is 2. The van der Waals surface area contributed by atoms with Crippen molar-refractivity contribution in [2.45, 2.75) is 52.2 Å². The number of rotatable bonds is 12. The average Bonchev–Trinajstić information content (AvgIpc) is 3.63. The number of anilines is 1. The highest BCUT2D eigenvalue weighted by Crippen LogP contribution is 2.44. The van der Waals surface area contributed by atoms with Gasteiger partial charge >= 0.3 is 0 Å². The van der Waals surface area contributed by atoms with E-state index in [1.165, 1.54) is 24.8 Å². The van der Waals surface area contributed by atoms with Gasteiger partial charge in [0, 0.05) is 80.4 Å². The first-order valence-electron chi connectivity index (χ1n) is 23.2. The lowest BCUT2D eigenvalue weighted by Gasteiger charge is -2.36. The first-order valence-corrected chi connectivity index (χ1v) is 23.2. The van der Waals surface area contributed by atoms with Crippen molar-refractivity contribution >= 4 is 23.4 Å². The van der Waals surface area contributed by atoms with Gasteiger partial charge in [0.15, 0.2) is 0 Å². The number of morpholine rings is 1. The van der Waals surface area contributed by atoms with Crippen LogP contribution in [0.1, 0.15) is 66.7 Å². The molecule has 3 aliphatic heterocycles. The summed E-state index contributed by atoms with van der Waals surface area (Å²) in [6, 6.07) is 33.6. The first-order chi connectivity index (χ1) is 33.0. The smallest absolute Gasteiger partial charge is 0.258 e.